The van der Waals surface area contributed by atoms with Gasteiger partial charge in [-0.2, -0.15) is 30.0 Å². The Balaban J connectivity index is 1.63. The van der Waals surface area contributed by atoms with Crippen molar-refractivity contribution in [3.8, 4) is 0 Å². The zero-order valence-electron chi connectivity index (χ0n) is 17.4. The van der Waals surface area contributed by atoms with Gasteiger partial charge in [-0.3, -0.25) is 18.3 Å². The number of hydrogen-bond donors (Lipinski definition) is 2. The number of alkyl halides is 3. The summed E-state index contributed by atoms with van der Waals surface area (Å²) in [5, 5.41) is 1.19. The molecular weight excluding hydrogens is 876 g/mol. The van der Waals surface area contributed by atoms with Crippen molar-refractivity contribution >= 4 is 99.9 Å². The van der Waals surface area contributed by atoms with Gasteiger partial charge in [0, 0.05) is 16.6 Å². The zero-order chi connectivity index (χ0) is 27.0. The first-order valence-corrected chi connectivity index (χ1v) is 16.3. The Morgan fingerprint density at radius 1 is 1.22 bits per heavy atom. The number of halogens is 6. The van der Waals surface area contributed by atoms with Crippen LogP contribution in [0.4, 0.5) is 13.2 Å². The molecule has 1 saturated heterocycles. The molecule has 1 aliphatic heterocycles. The lowest BCUT2D eigenvalue weighted by Crippen LogP contribution is -2.53. The fourth-order valence-electron chi connectivity index (χ4n) is 5.10. The number of hydrogen-bond acceptors (Lipinski definition) is 8. The van der Waals surface area contributed by atoms with Gasteiger partial charge in [0.05, 0.1) is 17.5 Å². The Morgan fingerprint density at radius 2 is 1.86 bits per heavy atom. The molecule has 36 heavy (non-hydrogen) atoms. The van der Waals surface area contributed by atoms with Crippen LogP contribution in [0, 0.1) is 28.5 Å². The van der Waals surface area contributed by atoms with Gasteiger partial charge in [-0.25, -0.2) is 0 Å². The maximum atomic E-state index is 13.3. The topological polar surface area (TPSA) is 153 Å². The van der Waals surface area contributed by atoms with E-state index in [2.05, 4.69) is 10.1 Å². The lowest BCUT2D eigenvalue weighted by molar-refractivity contribution is -0.218. The average Bonchev–Trinajstić information content (AvgIpc) is 3.31. The number of rotatable bonds is 6. The first kappa shape index (κ1) is 29.0. The molecule has 3 aliphatic rings. The van der Waals surface area contributed by atoms with E-state index in [-0.39, 0.29) is 12.0 Å². The molecule has 200 valence electrons. The molecular formula is C18H15F3I3NO9S2. The van der Waals surface area contributed by atoms with E-state index >= 15 is 0 Å². The SMILES string of the molecule is O=C(NC1C2CC3C1OS(=O)(=O)C3C2C(=O)OC(CS(=O)(=O)O)C(F)(F)F)c1cc(I)cc(I)c1I. The highest BCUT2D eigenvalue weighted by Gasteiger charge is 2.71. The van der Waals surface area contributed by atoms with Gasteiger partial charge < -0.3 is 10.1 Å². The van der Waals surface area contributed by atoms with Crippen molar-refractivity contribution in [1.82, 2.24) is 5.32 Å². The fraction of sp³-hybridized carbons (Fsp3) is 0.556. The van der Waals surface area contributed by atoms with Gasteiger partial charge in [-0.1, -0.05) is 0 Å². The Morgan fingerprint density at radius 3 is 2.44 bits per heavy atom. The molecule has 0 aromatic heterocycles. The molecule has 1 amide bonds. The number of carbonyl (C=O) groups excluding carboxylic acids is 2. The third-order valence-corrected chi connectivity index (χ3v) is 12.6. The molecule has 0 radical (unpaired) electrons. The third kappa shape index (κ3) is 5.49. The van der Waals surface area contributed by atoms with Crippen LogP contribution in [0.5, 0.6) is 0 Å². The molecule has 2 aliphatic carbocycles. The van der Waals surface area contributed by atoms with E-state index in [1.807, 2.05) is 73.8 Å². The molecule has 3 fully saturated rings. The van der Waals surface area contributed by atoms with E-state index in [0.29, 0.717) is 3.57 Å². The van der Waals surface area contributed by atoms with Crippen LogP contribution in [0.1, 0.15) is 16.8 Å². The molecule has 7 atom stereocenters. The summed E-state index contributed by atoms with van der Waals surface area (Å²) < 4.78 is 108. The molecule has 2 N–H and O–H groups in total. The molecule has 7 unspecified atom stereocenters. The monoisotopic (exact) mass is 891 g/mol. The van der Waals surface area contributed by atoms with Gasteiger partial charge in [-0.05, 0) is 92.2 Å². The van der Waals surface area contributed by atoms with Gasteiger partial charge >= 0.3 is 12.1 Å². The van der Waals surface area contributed by atoms with Crippen LogP contribution in [-0.4, -0.2) is 68.7 Å². The normalized spacial score (nSPS) is 31.3. The van der Waals surface area contributed by atoms with Crippen LogP contribution in [0.2, 0.25) is 0 Å². The smallest absolute Gasteiger partial charge is 0.426 e. The Bertz CT molecular complexity index is 1340. The highest BCUT2D eigenvalue weighted by molar-refractivity contribution is 14.1. The van der Waals surface area contributed by atoms with Crippen molar-refractivity contribution in [2.45, 2.75) is 36.1 Å². The lowest BCUT2D eigenvalue weighted by Gasteiger charge is -2.32. The van der Waals surface area contributed by atoms with Crippen molar-refractivity contribution in [3.05, 3.63) is 28.4 Å². The third-order valence-electron chi connectivity index (χ3n) is 6.39. The first-order valence-electron chi connectivity index (χ1n) is 10.0. The number of amides is 1. The summed E-state index contributed by atoms with van der Waals surface area (Å²) in [6.45, 7) is 0. The fourth-order valence-corrected chi connectivity index (χ4v) is 10.2. The molecule has 1 heterocycles. The minimum Gasteiger partial charge on any atom is -0.451 e. The highest BCUT2D eigenvalue weighted by atomic mass is 127. The van der Waals surface area contributed by atoms with Crippen LogP contribution in [0.3, 0.4) is 0 Å². The number of ether oxygens (including phenoxy) is 1. The van der Waals surface area contributed by atoms with Crippen LogP contribution < -0.4 is 5.32 Å². The number of esters is 1. The van der Waals surface area contributed by atoms with Crippen LogP contribution in [0.25, 0.3) is 0 Å². The first-order chi connectivity index (χ1) is 16.4. The van der Waals surface area contributed by atoms with Gasteiger partial charge in [-0.15, -0.1) is 0 Å². The summed E-state index contributed by atoms with van der Waals surface area (Å²) >= 11 is 6.03. The largest absolute Gasteiger partial charge is 0.451 e. The summed E-state index contributed by atoms with van der Waals surface area (Å²) in [6, 6.07) is 2.42. The van der Waals surface area contributed by atoms with Gasteiger partial charge in [0.2, 0.25) is 6.10 Å². The molecule has 2 bridgehead atoms. The number of nitrogens with one attached hydrogen (secondary N) is 1. The van der Waals surface area contributed by atoms with E-state index in [9.17, 15) is 39.6 Å². The molecule has 1 aromatic rings. The van der Waals surface area contributed by atoms with Gasteiger partial charge in [0.15, 0.2) is 0 Å². The second kappa shape index (κ2) is 9.86. The van der Waals surface area contributed by atoms with Crippen molar-refractivity contribution in [2.75, 3.05) is 5.75 Å². The standard InChI is InChI=1S/C18H15F3I3NO9S2/c19-18(20,21)10(4-35(28,29)30)33-17(27)11-6-3-8-14(34-36(31,32)15(8)11)13(6)25-16(26)7-1-5(22)2-9(23)12(7)24/h1-2,6,8,10-11,13-15H,3-4H2,(H,25,26)(H,28,29,30). The molecule has 18 heteroatoms. The minimum atomic E-state index is -5.34. The zero-order valence-corrected chi connectivity index (χ0v) is 25.5. The van der Waals surface area contributed by atoms with E-state index in [1.54, 1.807) is 6.07 Å². The molecule has 1 aromatic carbocycles. The van der Waals surface area contributed by atoms with Crippen molar-refractivity contribution in [1.29, 1.82) is 0 Å². The summed E-state index contributed by atoms with van der Waals surface area (Å²) in [6.07, 6.45) is -9.49. The molecule has 0 spiro atoms. The number of carbonyl (C=O) groups is 2. The number of fused-ring (bicyclic) bond motifs is 1. The minimum absolute atomic E-state index is 0.0647. The summed E-state index contributed by atoms with van der Waals surface area (Å²) in [7, 11) is -9.58. The van der Waals surface area contributed by atoms with Crippen molar-refractivity contribution in [3.63, 3.8) is 0 Å². The lowest BCUT2D eigenvalue weighted by atomic mass is 9.82. The second-order valence-electron chi connectivity index (χ2n) is 8.57. The van der Waals surface area contributed by atoms with Crippen molar-refractivity contribution in [2.24, 2.45) is 17.8 Å². The highest BCUT2D eigenvalue weighted by Crippen LogP contribution is 2.58. The molecule has 4 rings (SSSR count). The second-order valence-corrected chi connectivity index (χ2v) is 15.3. The van der Waals surface area contributed by atoms with E-state index in [1.165, 1.54) is 0 Å². The Labute approximate surface area is 244 Å². The van der Waals surface area contributed by atoms with Crippen LogP contribution >= 0.6 is 67.8 Å². The van der Waals surface area contributed by atoms with E-state index in [0.717, 1.165) is 7.14 Å². The Hall–Kier alpha value is -0.0400. The van der Waals surface area contributed by atoms with E-state index < -0.39 is 85.3 Å². The summed E-state index contributed by atoms with van der Waals surface area (Å²) in [5.41, 5.74) is 0.288. The molecule has 10 nitrogen and oxygen atoms in total. The van der Waals surface area contributed by atoms with E-state index in [4.69, 9.17) is 8.74 Å². The molecule has 2 saturated carbocycles. The predicted molar refractivity (Wildman–Crippen MR) is 141 cm³/mol. The average molecular weight is 891 g/mol. The maximum Gasteiger partial charge on any atom is 0.426 e. The Kier molecular flexibility index (Phi) is 7.93. The summed E-state index contributed by atoms with van der Waals surface area (Å²) in [5.74, 6) is -7.45. The summed E-state index contributed by atoms with van der Waals surface area (Å²) in [4.78, 5) is 26.0. The van der Waals surface area contributed by atoms with Gasteiger partial charge in [0.1, 0.15) is 17.1 Å². The van der Waals surface area contributed by atoms with Crippen molar-refractivity contribution < 1.29 is 53.1 Å². The van der Waals surface area contributed by atoms with Crippen LogP contribution in [-0.2, 0) is 34.0 Å². The maximum absolute atomic E-state index is 13.3. The predicted octanol–water partition coefficient (Wildman–Crippen LogP) is 2.32. The van der Waals surface area contributed by atoms with Gasteiger partial charge in [0.25, 0.3) is 26.1 Å². The quantitative estimate of drug-likeness (QED) is 0.144. The van der Waals surface area contributed by atoms with Crippen LogP contribution in [0.15, 0.2) is 12.1 Å². The number of benzene rings is 1.